The summed E-state index contributed by atoms with van der Waals surface area (Å²) >= 11 is 0. The highest BCUT2D eigenvalue weighted by Gasteiger charge is 2.08. The highest BCUT2D eigenvalue weighted by molar-refractivity contribution is 5.75. The minimum Gasteiger partial charge on any atom is -0.492 e. The van der Waals surface area contributed by atoms with Crippen molar-refractivity contribution in [3.05, 3.63) is 60.8 Å². The second-order valence-corrected chi connectivity index (χ2v) is 5.70. The maximum Gasteiger partial charge on any atom is 0.127 e. The summed E-state index contributed by atoms with van der Waals surface area (Å²) in [4.78, 5) is 2.11. The highest BCUT2D eigenvalue weighted by atomic mass is 16.5. The Morgan fingerprint density at radius 3 is 2.61 bits per heavy atom. The number of para-hydroxylation sites is 1. The molecule has 0 saturated carbocycles. The van der Waals surface area contributed by atoms with Crippen LogP contribution < -0.4 is 4.74 Å². The molecule has 118 valence electrons. The Balaban J connectivity index is 1.88. The number of aromatic amines is 1. The van der Waals surface area contributed by atoms with Gasteiger partial charge in [-0.05, 0) is 37.9 Å². The molecule has 3 rings (SSSR count). The summed E-state index contributed by atoms with van der Waals surface area (Å²) < 4.78 is 5.97. The molecule has 0 spiro atoms. The van der Waals surface area contributed by atoms with E-state index in [-0.39, 0.29) is 0 Å². The van der Waals surface area contributed by atoms with Crippen molar-refractivity contribution in [2.24, 2.45) is 0 Å². The van der Waals surface area contributed by atoms with Gasteiger partial charge in [0.1, 0.15) is 12.4 Å². The quantitative estimate of drug-likeness (QED) is 0.755. The van der Waals surface area contributed by atoms with Crippen molar-refractivity contribution in [1.29, 1.82) is 0 Å². The Morgan fingerprint density at radius 1 is 1.00 bits per heavy atom. The van der Waals surface area contributed by atoms with E-state index in [2.05, 4.69) is 45.4 Å². The summed E-state index contributed by atoms with van der Waals surface area (Å²) in [5.74, 6) is 0.913. The molecular weight excluding hydrogens is 286 g/mol. The molecular formula is C19H21N3O. The molecule has 0 saturated heterocycles. The third-order valence-corrected chi connectivity index (χ3v) is 3.67. The lowest BCUT2D eigenvalue weighted by Gasteiger charge is -2.14. The number of likely N-dealkylation sites (N-methyl/N-ethyl adjacent to an activating group) is 1. The molecule has 1 heterocycles. The van der Waals surface area contributed by atoms with Gasteiger partial charge in [0.05, 0.1) is 5.69 Å². The molecule has 0 fully saturated rings. The van der Waals surface area contributed by atoms with Gasteiger partial charge in [0.2, 0.25) is 0 Å². The molecule has 4 heteroatoms. The summed E-state index contributed by atoms with van der Waals surface area (Å²) in [5.41, 5.74) is 4.37. The van der Waals surface area contributed by atoms with Gasteiger partial charge in [-0.2, -0.15) is 5.10 Å². The fourth-order valence-corrected chi connectivity index (χ4v) is 2.44. The first-order valence-electron chi connectivity index (χ1n) is 7.71. The van der Waals surface area contributed by atoms with E-state index in [0.29, 0.717) is 6.61 Å². The molecule has 3 aromatic rings. The molecule has 0 aliphatic carbocycles. The summed E-state index contributed by atoms with van der Waals surface area (Å²) in [5, 5.41) is 7.03. The average Bonchev–Trinajstić information content (AvgIpc) is 3.10. The van der Waals surface area contributed by atoms with Crippen LogP contribution in [0.1, 0.15) is 0 Å². The zero-order valence-electron chi connectivity index (χ0n) is 13.5. The fraction of sp³-hybridized carbons (Fsp3) is 0.211. The highest BCUT2D eigenvalue weighted by Crippen LogP contribution is 2.32. The van der Waals surface area contributed by atoms with Gasteiger partial charge in [0.25, 0.3) is 0 Å². The van der Waals surface area contributed by atoms with E-state index >= 15 is 0 Å². The van der Waals surface area contributed by atoms with Crippen LogP contribution in [0.2, 0.25) is 0 Å². The fourth-order valence-electron chi connectivity index (χ4n) is 2.44. The van der Waals surface area contributed by atoms with Gasteiger partial charge < -0.3 is 9.64 Å². The van der Waals surface area contributed by atoms with Gasteiger partial charge in [-0.3, -0.25) is 5.10 Å². The lowest BCUT2D eigenvalue weighted by molar-refractivity contribution is 0.262. The number of hydrogen-bond acceptors (Lipinski definition) is 3. The number of hydrogen-bond donors (Lipinski definition) is 1. The Bertz CT molecular complexity index is 751. The lowest BCUT2D eigenvalue weighted by Crippen LogP contribution is -2.19. The van der Waals surface area contributed by atoms with Gasteiger partial charge in [0, 0.05) is 23.9 Å². The second-order valence-electron chi connectivity index (χ2n) is 5.70. The SMILES string of the molecule is CN(C)CCOc1ccccc1-c1cccc(-c2ccn[nH]2)c1. The summed E-state index contributed by atoms with van der Waals surface area (Å²) in [6.07, 6.45) is 1.76. The van der Waals surface area contributed by atoms with Gasteiger partial charge in [-0.25, -0.2) is 0 Å². The van der Waals surface area contributed by atoms with Crippen LogP contribution in [0.5, 0.6) is 5.75 Å². The summed E-state index contributed by atoms with van der Waals surface area (Å²) in [6, 6.07) is 18.5. The van der Waals surface area contributed by atoms with E-state index < -0.39 is 0 Å². The first kappa shape index (κ1) is 15.3. The number of nitrogens with one attached hydrogen (secondary N) is 1. The molecule has 2 aromatic carbocycles. The summed E-state index contributed by atoms with van der Waals surface area (Å²) in [7, 11) is 4.09. The third-order valence-electron chi connectivity index (χ3n) is 3.67. The van der Waals surface area contributed by atoms with Crippen LogP contribution >= 0.6 is 0 Å². The van der Waals surface area contributed by atoms with Crippen LogP contribution in [-0.4, -0.2) is 42.3 Å². The molecule has 0 aliphatic rings. The average molecular weight is 307 g/mol. The first-order chi connectivity index (χ1) is 11.2. The molecule has 4 nitrogen and oxygen atoms in total. The molecule has 1 N–H and O–H groups in total. The third kappa shape index (κ3) is 3.79. The van der Waals surface area contributed by atoms with E-state index in [1.165, 1.54) is 0 Å². The maximum atomic E-state index is 5.97. The van der Waals surface area contributed by atoms with Crippen LogP contribution in [-0.2, 0) is 0 Å². The van der Waals surface area contributed by atoms with Crippen molar-refractivity contribution in [3.8, 4) is 28.1 Å². The molecule has 0 aliphatic heterocycles. The van der Waals surface area contributed by atoms with E-state index in [0.717, 1.165) is 34.7 Å². The van der Waals surface area contributed by atoms with Crippen molar-refractivity contribution in [2.75, 3.05) is 27.2 Å². The van der Waals surface area contributed by atoms with Crippen molar-refractivity contribution in [3.63, 3.8) is 0 Å². The van der Waals surface area contributed by atoms with Gasteiger partial charge in [-0.15, -0.1) is 0 Å². The van der Waals surface area contributed by atoms with Gasteiger partial charge in [0.15, 0.2) is 0 Å². The van der Waals surface area contributed by atoms with E-state index in [4.69, 9.17) is 4.74 Å². The molecule has 0 bridgehead atoms. The van der Waals surface area contributed by atoms with Crippen molar-refractivity contribution >= 4 is 0 Å². The molecule has 1 aromatic heterocycles. The zero-order valence-corrected chi connectivity index (χ0v) is 13.5. The topological polar surface area (TPSA) is 41.1 Å². The Morgan fingerprint density at radius 2 is 1.83 bits per heavy atom. The minimum atomic E-state index is 0.671. The number of rotatable bonds is 6. The van der Waals surface area contributed by atoms with Gasteiger partial charge >= 0.3 is 0 Å². The summed E-state index contributed by atoms with van der Waals surface area (Å²) in [6.45, 7) is 1.56. The standard InChI is InChI=1S/C19H21N3O/c1-22(2)12-13-23-19-9-4-3-8-17(19)15-6-5-7-16(14-15)18-10-11-20-21-18/h3-11,14H,12-13H2,1-2H3,(H,20,21). The van der Waals surface area contributed by atoms with Crippen LogP contribution in [0.3, 0.4) is 0 Å². The van der Waals surface area contributed by atoms with Crippen molar-refractivity contribution in [1.82, 2.24) is 15.1 Å². The first-order valence-corrected chi connectivity index (χ1v) is 7.71. The Labute approximate surface area is 136 Å². The number of nitrogens with zero attached hydrogens (tertiary/aromatic N) is 2. The van der Waals surface area contributed by atoms with E-state index in [1.807, 2.05) is 38.4 Å². The molecule has 0 amide bonds. The smallest absolute Gasteiger partial charge is 0.127 e. The van der Waals surface area contributed by atoms with Crippen LogP contribution in [0.25, 0.3) is 22.4 Å². The molecule has 0 radical (unpaired) electrons. The van der Waals surface area contributed by atoms with Crippen LogP contribution in [0.15, 0.2) is 60.8 Å². The largest absolute Gasteiger partial charge is 0.492 e. The zero-order chi connectivity index (χ0) is 16.1. The van der Waals surface area contributed by atoms with E-state index in [9.17, 15) is 0 Å². The van der Waals surface area contributed by atoms with Crippen LogP contribution in [0.4, 0.5) is 0 Å². The normalized spacial score (nSPS) is 10.9. The lowest BCUT2D eigenvalue weighted by atomic mass is 10.0. The predicted molar refractivity (Wildman–Crippen MR) is 93.5 cm³/mol. The predicted octanol–water partition coefficient (Wildman–Crippen LogP) is 3.68. The molecule has 23 heavy (non-hydrogen) atoms. The molecule has 0 unspecified atom stereocenters. The van der Waals surface area contributed by atoms with E-state index in [1.54, 1.807) is 6.20 Å². The Kier molecular flexibility index (Phi) is 4.74. The van der Waals surface area contributed by atoms with Gasteiger partial charge in [-0.1, -0.05) is 36.4 Å². The maximum absolute atomic E-state index is 5.97. The molecule has 0 atom stereocenters. The Hall–Kier alpha value is -2.59. The number of benzene rings is 2. The number of aromatic nitrogens is 2. The van der Waals surface area contributed by atoms with Crippen molar-refractivity contribution < 1.29 is 4.74 Å². The number of H-pyrrole nitrogens is 1. The number of ether oxygens (including phenoxy) is 1. The monoisotopic (exact) mass is 307 g/mol. The minimum absolute atomic E-state index is 0.671. The second kappa shape index (κ2) is 7.11. The van der Waals surface area contributed by atoms with Crippen molar-refractivity contribution in [2.45, 2.75) is 0 Å². The van der Waals surface area contributed by atoms with Crippen LogP contribution in [0, 0.1) is 0 Å².